The van der Waals surface area contributed by atoms with Gasteiger partial charge in [-0.3, -0.25) is 0 Å². The number of hydrogen-bond donors (Lipinski definition) is 4. The normalized spacial score (nSPS) is 48.9. The Balaban J connectivity index is 2.08. The van der Waals surface area contributed by atoms with Gasteiger partial charge < -0.3 is 24.9 Å². The first-order valence-corrected chi connectivity index (χ1v) is 4.60. The summed E-state index contributed by atoms with van der Waals surface area (Å²) in [6.07, 6.45) is -2.84. The van der Waals surface area contributed by atoms with Crippen LogP contribution in [0, 0.1) is 0 Å². The van der Waals surface area contributed by atoms with Crippen molar-refractivity contribution in [1.29, 1.82) is 0 Å². The highest BCUT2D eigenvalue weighted by molar-refractivity contribution is 4.83. The van der Waals surface area contributed by atoms with Crippen molar-refractivity contribution in [3.8, 4) is 0 Å². The van der Waals surface area contributed by atoms with Crippen LogP contribution in [0.25, 0.3) is 0 Å². The smallest absolute Gasteiger partial charge is 0.134 e. The number of aliphatic hydroxyl groups is 4. The summed E-state index contributed by atoms with van der Waals surface area (Å²) in [6.45, 7) is 1.76. The molecule has 0 saturated carbocycles. The molecule has 0 aromatic rings. The van der Waals surface area contributed by atoms with Gasteiger partial charge in [0.15, 0.2) is 0 Å². The van der Waals surface area contributed by atoms with Crippen molar-refractivity contribution in [2.24, 2.45) is 0 Å². The maximum absolute atomic E-state index is 9.37. The van der Waals surface area contributed by atoms with E-state index in [-0.39, 0.29) is 0 Å². The second-order valence-electron chi connectivity index (χ2n) is 4.34. The van der Waals surface area contributed by atoms with E-state index in [0.29, 0.717) is 30.7 Å². The van der Waals surface area contributed by atoms with Crippen LogP contribution in [0.2, 0.25) is 0 Å². The van der Waals surface area contributed by atoms with E-state index in [0.717, 1.165) is 0 Å². The van der Waals surface area contributed by atoms with E-state index < -0.39 is 24.4 Å². The molecule has 0 bridgehead atoms. The summed E-state index contributed by atoms with van der Waals surface area (Å²) in [5, 5.41) is 37.5. The van der Waals surface area contributed by atoms with Crippen LogP contribution >= 0.6 is 0 Å². The van der Waals surface area contributed by atoms with Gasteiger partial charge in [0, 0.05) is 0 Å². The number of aliphatic hydroxyl groups excluding tert-OH is 4. The lowest BCUT2D eigenvalue weighted by atomic mass is 10.3. The number of quaternary nitrogens is 1. The highest BCUT2D eigenvalue weighted by Crippen LogP contribution is 2.27. The molecule has 2 aliphatic rings. The molecular formula is C8H16NO4+. The molecule has 0 amide bonds. The van der Waals surface area contributed by atoms with E-state index in [1.165, 1.54) is 0 Å². The third-order valence-corrected chi connectivity index (χ3v) is 3.19. The zero-order valence-corrected chi connectivity index (χ0v) is 7.37. The van der Waals surface area contributed by atoms with Crippen molar-refractivity contribution < 1.29 is 24.9 Å². The van der Waals surface area contributed by atoms with Crippen LogP contribution in [0.15, 0.2) is 0 Å². The molecule has 4 N–H and O–H groups in total. The number of nitrogens with zero attached hydrogens (tertiary/aromatic N) is 1. The second-order valence-corrected chi connectivity index (χ2v) is 4.34. The lowest BCUT2D eigenvalue weighted by Gasteiger charge is -2.28. The molecule has 0 unspecified atom stereocenters. The molecule has 5 heteroatoms. The van der Waals surface area contributed by atoms with E-state index >= 15 is 0 Å². The fraction of sp³-hybridized carbons (Fsp3) is 1.00. The summed E-state index contributed by atoms with van der Waals surface area (Å²) < 4.78 is 0.449. The molecule has 0 aliphatic carbocycles. The quantitative estimate of drug-likeness (QED) is 0.313. The van der Waals surface area contributed by atoms with Crippen LogP contribution in [0.3, 0.4) is 0 Å². The van der Waals surface area contributed by atoms with E-state index in [1.807, 2.05) is 0 Å². The summed E-state index contributed by atoms with van der Waals surface area (Å²) in [5.41, 5.74) is 0. The van der Waals surface area contributed by atoms with Gasteiger partial charge in [0.25, 0.3) is 0 Å². The van der Waals surface area contributed by atoms with Crippen molar-refractivity contribution in [2.75, 3.05) is 26.2 Å². The van der Waals surface area contributed by atoms with Crippen LogP contribution in [0.4, 0.5) is 0 Å². The first kappa shape index (κ1) is 9.36. The summed E-state index contributed by atoms with van der Waals surface area (Å²) in [6, 6.07) is 0. The topological polar surface area (TPSA) is 80.9 Å². The Morgan fingerprint density at radius 3 is 1.08 bits per heavy atom. The minimum atomic E-state index is -0.711. The summed E-state index contributed by atoms with van der Waals surface area (Å²) in [5.74, 6) is 0. The summed E-state index contributed by atoms with van der Waals surface area (Å²) >= 11 is 0. The fourth-order valence-electron chi connectivity index (χ4n) is 2.52. The zero-order chi connectivity index (χ0) is 9.64. The molecule has 2 fully saturated rings. The molecule has 0 aromatic heterocycles. The molecule has 2 rings (SSSR count). The average Bonchev–Trinajstić information content (AvgIpc) is 2.39. The van der Waals surface area contributed by atoms with Gasteiger partial charge in [0.1, 0.15) is 50.6 Å². The fourth-order valence-corrected chi connectivity index (χ4v) is 2.52. The van der Waals surface area contributed by atoms with Gasteiger partial charge in [-0.05, 0) is 0 Å². The predicted molar refractivity (Wildman–Crippen MR) is 43.8 cm³/mol. The Kier molecular flexibility index (Phi) is 2.08. The van der Waals surface area contributed by atoms with Gasteiger partial charge in [-0.15, -0.1) is 0 Å². The first-order chi connectivity index (χ1) is 6.02. The van der Waals surface area contributed by atoms with E-state index in [2.05, 4.69) is 0 Å². The van der Waals surface area contributed by atoms with Crippen LogP contribution in [0.1, 0.15) is 0 Å². The number of rotatable bonds is 0. The van der Waals surface area contributed by atoms with Crippen molar-refractivity contribution in [2.45, 2.75) is 24.4 Å². The van der Waals surface area contributed by atoms with Gasteiger partial charge in [0.2, 0.25) is 0 Å². The Hall–Kier alpha value is -0.200. The first-order valence-electron chi connectivity index (χ1n) is 4.60. The molecule has 4 atom stereocenters. The molecule has 1 spiro atoms. The van der Waals surface area contributed by atoms with Gasteiger partial charge in [0.05, 0.1) is 0 Å². The van der Waals surface area contributed by atoms with Crippen LogP contribution in [0.5, 0.6) is 0 Å². The predicted octanol–water partition coefficient (Wildman–Crippen LogP) is -2.73. The van der Waals surface area contributed by atoms with Crippen molar-refractivity contribution >= 4 is 0 Å². The molecule has 2 aliphatic heterocycles. The van der Waals surface area contributed by atoms with Crippen molar-refractivity contribution in [3.63, 3.8) is 0 Å². The molecule has 2 saturated heterocycles. The standard InChI is InChI=1S/C8H16NO4/c10-5-1-9(2-6(5)11)3-7(12)8(13)4-9/h5-8,10-13H,1-4H2/q+1/t5-,6-,7-,8-/m0/s1. The molecule has 2 heterocycles. The molecule has 76 valence electrons. The van der Waals surface area contributed by atoms with Gasteiger partial charge >= 0.3 is 0 Å². The van der Waals surface area contributed by atoms with Crippen LogP contribution in [-0.2, 0) is 0 Å². The lowest BCUT2D eigenvalue weighted by Crippen LogP contribution is -2.45. The van der Waals surface area contributed by atoms with Crippen molar-refractivity contribution in [1.82, 2.24) is 0 Å². The van der Waals surface area contributed by atoms with Gasteiger partial charge in [-0.2, -0.15) is 0 Å². The molecule has 0 aromatic carbocycles. The van der Waals surface area contributed by atoms with E-state index in [4.69, 9.17) is 0 Å². The zero-order valence-electron chi connectivity index (χ0n) is 7.37. The number of hydrogen-bond acceptors (Lipinski definition) is 4. The minimum Gasteiger partial charge on any atom is -0.384 e. The highest BCUT2D eigenvalue weighted by Gasteiger charge is 2.51. The monoisotopic (exact) mass is 190 g/mol. The second kappa shape index (κ2) is 2.90. The largest absolute Gasteiger partial charge is 0.384 e. The van der Waals surface area contributed by atoms with E-state index in [1.54, 1.807) is 0 Å². The average molecular weight is 190 g/mol. The third-order valence-electron chi connectivity index (χ3n) is 3.19. The maximum atomic E-state index is 9.37. The highest BCUT2D eigenvalue weighted by atomic mass is 16.3. The van der Waals surface area contributed by atoms with E-state index in [9.17, 15) is 20.4 Å². The summed E-state index contributed by atoms with van der Waals surface area (Å²) in [7, 11) is 0. The minimum absolute atomic E-state index is 0.440. The molecular weight excluding hydrogens is 174 g/mol. The third kappa shape index (κ3) is 1.47. The van der Waals surface area contributed by atoms with Gasteiger partial charge in [-0.1, -0.05) is 0 Å². The SMILES string of the molecule is O[C@H]1C[N+]2(C[C@@H]1O)C[C@H](O)[C@@H](O)C2. The Morgan fingerprint density at radius 2 is 0.846 bits per heavy atom. The lowest BCUT2D eigenvalue weighted by molar-refractivity contribution is -0.909. The van der Waals surface area contributed by atoms with Crippen LogP contribution in [-0.4, -0.2) is 75.5 Å². The Labute approximate surface area is 76.4 Å². The molecule has 13 heavy (non-hydrogen) atoms. The Morgan fingerprint density at radius 1 is 0.615 bits per heavy atom. The van der Waals surface area contributed by atoms with Gasteiger partial charge in [-0.25, -0.2) is 0 Å². The molecule has 5 nitrogen and oxygen atoms in total. The summed E-state index contributed by atoms with van der Waals surface area (Å²) in [4.78, 5) is 0. The molecule has 0 radical (unpaired) electrons. The Bertz CT molecular complexity index is 165. The maximum Gasteiger partial charge on any atom is 0.134 e. The van der Waals surface area contributed by atoms with Crippen LogP contribution < -0.4 is 0 Å². The van der Waals surface area contributed by atoms with Crippen molar-refractivity contribution in [3.05, 3.63) is 0 Å².